The molecule has 1 aromatic carbocycles. The molecule has 3 rings (SSSR count). The van der Waals surface area contributed by atoms with Crippen LogP contribution in [0.15, 0.2) is 24.3 Å². The largest absolute Gasteiger partial charge is 0.493 e. The molecule has 5 heteroatoms. The van der Waals surface area contributed by atoms with Crippen LogP contribution in [-0.2, 0) is 9.53 Å². The van der Waals surface area contributed by atoms with Gasteiger partial charge < -0.3 is 14.8 Å². The first-order valence-electron chi connectivity index (χ1n) is 9.35. The predicted octanol–water partition coefficient (Wildman–Crippen LogP) is 3.93. The smallest absolute Gasteiger partial charge is 0.306 e. The van der Waals surface area contributed by atoms with E-state index in [4.69, 9.17) is 9.47 Å². The molecule has 1 saturated heterocycles. The van der Waals surface area contributed by atoms with Gasteiger partial charge in [-0.15, -0.1) is 12.4 Å². The average Bonchev–Trinajstić information content (AvgIpc) is 3.44. The molecule has 1 atom stereocenters. The third kappa shape index (κ3) is 6.19. The highest BCUT2D eigenvalue weighted by molar-refractivity contribution is 5.85. The minimum atomic E-state index is -0.0876. The van der Waals surface area contributed by atoms with Crippen molar-refractivity contribution >= 4 is 18.4 Å². The number of hydrogen-bond acceptors (Lipinski definition) is 4. The Kier molecular flexibility index (Phi) is 8.04. The van der Waals surface area contributed by atoms with Crippen LogP contribution in [0.3, 0.4) is 0 Å². The van der Waals surface area contributed by atoms with E-state index < -0.39 is 0 Å². The van der Waals surface area contributed by atoms with Crippen molar-refractivity contribution in [2.45, 2.75) is 44.9 Å². The normalized spacial score (nSPS) is 18.9. The van der Waals surface area contributed by atoms with E-state index in [0.717, 1.165) is 25.4 Å². The Balaban J connectivity index is 0.00000225. The Labute approximate surface area is 157 Å². The van der Waals surface area contributed by atoms with Gasteiger partial charge in [0.25, 0.3) is 0 Å². The first-order valence-corrected chi connectivity index (χ1v) is 9.35. The number of hydrogen-bond donors (Lipinski definition) is 1. The third-order valence-electron chi connectivity index (χ3n) is 5.11. The maximum atomic E-state index is 11.9. The Bertz CT molecular complexity index is 541. The molecule has 4 nitrogen and oxygen atoms in total. The lowest BCUT2D eigenvalue weighted by Crippen LogP contribution is -2.30. The van der Waals surface area contributed by atoms with E-state index >= 15 is 0 Å². The van der Waals surface area contributed by atoms with Crippen molar-refractivity contribution < 1.29 is 14.3 Å². The zero-order chi connectivity index (χ0) is 16.8. The van der Waals surface area contributed by atoms with Crippen LogP contribution in [0.2, 0.25) is 0 Å². The van der Waals surface area contributed by atoms with Crippen LogP contribution in [0.4, 0.5) is 0 Å². The Morgan fingerprint density at radius 3 is 2.68 bits per heavy atom. The second-order valence-electron chi connectivity index (χ2n) is 7.03. The summed E-state index contributed by atoms with van der Waals surface area (Å²) in [5, 5.41) is 3.39. The highest BCUT2D eigenvalue weighted by atomic mass is 35.5. The topological polar surface area (TPSA) is 47.6 Å². The first-order chi connectivity index (χ1) is 11.8. The molecule has 1 aliphatic carbocycles. The van der Waals surface area contributed by atoms with Gasteiger partial charge in [-0.1, -0.05) is 12.1 Å². The van der Waals surface area contributed by atoms with Gasteiger partial charge in [-0.2, -0.15) is 0 Å². The van der Waals surface area contributed by atoms with Crippen molar-refractivity contribution in [1.29, 1.82) is 0 Å². The van der Waals surface area contributed by atoms with E-state index in [2.05, 4.69) is 17.4 Å². The van der Waals surface area contributed by atoms with Crippen molar-refractivity contribution in [3.8, 4) is 5.75 Å². The van der Waals surface area contributed by atoms with Crippen molar-refractivity contribution in [3.05, 3.63) is 29.8 Å². The molecule has 140 valence electrons. The summed E-state index contributed by atoms with van der Waals surface area (Å²) in [7, 11) is 0. The van der Waals surface area contributed by atoms with Gasteiger partial charge in [0, 0.05) is 0 Å². The number of ether oxygens (including phenoxy) is 2. The molecule has 0 spiro atoms. The number of esters is 1. The summed E-state index contributed by atoms with van der Waals surface area (Å²) in [5.74, 6) is 2.38. The molecule has 0 aromatic heterocycles. The number of carbonyl (C=O) groups is 1. The van der Waals surface area contributed by atoms with E-state index in [0.29, 0.717) is 24.9 Å². The number of rotatable bonds is 8. The van der Waals surface area contributed by atoms with Crippen LogP contribution in [-0.4, -0.2) is 32.3 Å². The average molecular weight is 368 g/mol. The molecule has 25 heavy (non-hydrogen) atoms. The van der Waals surface area contributed by atoms with Gasteiger partial charge in [-0.25, -0.2) is 0 Å². The molecule has 0 amide bonds. The molecule has 2 aliphatic rings. The number of benzene rings is 1. The Morgan fingerprint density at radius 1 is 1.24 bits per heavy atom. The quantitative estimate of drug-likeness (QED) is 0.707. The molecule has 1 aromatic rings. The molecule has 1 unspecified atom stereocenters. The van der Waals surface area contributed by atoms with Gasteiger partial charge >= 0.3 is 5.97 Å². The number of halogens is 1. The third-order valence-corrected chi connectivity index (χ3v) is 5.11. The second-order valence-corrected chi connectivity index (χ2v) is 7.03. The molecule has 0 radical (unpaired) electrons. The van der Waals surface area contributed by atoms with E-state index in [-0.39, 0.29) is 24.3 Å². The summed E-state index contributed by atoms with van der Waals surface area (Å²) in [5.41, 5.74) is 1.22. The van der Waals surface area contributed by atoms with Crippen LogP contribution in [0.25, 0.3) is 0 Å². The highest BCUT2D eigenvalue weighted by Crippen LogP contribution is 2.45. The Morgan fingerprint density at radius 2 is 2.00 bits per heavy atom. The minimum absolute atomic E-state index is 0. The summed E-state index contributed by atoms with van der Waals surface area (Å²) in [6, 6.07) is 8.33. The fourth-order valence-corrected chi connectivity index (χ4v) is 3.55. The molecule has 2 fully saturated rings. The van der Waals surface area contributed by atoms with Gasteiger partial charge in [0.05, 0.1) is 19.6 Å². The van der Waals surface area contributed by atoms with Crippen LogP contribution in [0, 0.1) is 11.8 Å². The monoisotopic (exact) mass is 367 g/mol. The SMILES string of the molecule is CCOC(=O)CC(c1cccc(OCC2CCNCC2)c1)C1CC1.Cl. The van der Waals surface area contributed by atoms with Crippen LogP contribution < -0.4 is 10.1 Å². The molecular formula is C20H30ClNO3. The summed E-state index contributed by atoms with van der Waals surface area (Å²) >= 11 is 0. The summed E-state index contributed by atoms with van der Waals surface area (Å²) in [6.07, 6.45) is 5.28. The zero-order valence-corrected chi connectivity index (χ0v) is 15.9. The van der Waals surface area contributed by atoms with Crippen molar-refractivity contribution in [3.63, 3.8) is 0 Å². The lowest BCUT2D eigenvalue weighted by atomic mass is 9.91. The van der Waals surface area contributed by atoms with Gasteiger partial charge in [-0.3, -0.25) is 4.79 Å². The maximum absolute atomic E-state index is 11.9. The van der Waals surface area contributed by atoms with E-state index in [9.17, 15) is 4.79 Å². The maximum Gasteiger partial charge on any atom is 0.306 e. The van der Waals surface area contributed by atoms with Crippen LogP contribution in [0.5, 0.6) is 5.75 Å². The lowest BCUT2D eigenvalue weighted by molar-refractivity contribution is -0.143. The molecule has 1 N–H and O–H groups in total. The summed E-state index contributed by atoms with van der Waals surface area (Å²) in [6.45, 7) is 5.29. The number of nitrogens with one attached hydrogen (secondary N) is 1. The predicted molar refractivity (Wildman–Crippen MR) is 101 cm³/mol. The van der Waals surface area contributed by atoms with Gasteiger partial charge in [0.1, 0.15) is 5.75 Å². The Hall–Kier alpha value is -1.26. The minimum Gasteiger partial charge on any atom is -0.493 e. The van der Waals surface area contributed by atoms with Crippen molar-refractivity contribution in [1.82, 2.24) is 5.32 Å². The van der Waals surface area contributed by atoms with Crippen molar-refractivity contribution in [2.75, 3.05) is 26.3 Å². The number of carbonyl (C=O) groups excluding carboxylic acids is 1. The summed E-state index contributed by atoms with van der Waals surface area (Å²) in [4.78, 5) is 11.9. The summed E-state index contributed by atoms with van der Waals surface area (Å²) < 4.78 is 11.2. The first kappa shape index (κ1) is 20.1. The zero-order valence-electron chi connectivity index (χ0n) is 15.0. The van der Waals surface area contributed by atoms with E-state index in [1.54, 1.807) is 0 Å². The van der Waals surface area contributed by atoms with Gasteiger partial charge in [0.2, 0.25) is 0 Å². The fraction of sp³-hybridized carbons (Fsp3) is 0.650. The highest BCUT2D eigenvalue weighted by Gasteiger charge is 2.34. The van der Waals surface area contributed by atoms with Crippen molar-refractivity contribution in [2.24, 2.45) is 11.8 Å². The number of piperidine rings is 1. The molecule has 1 heterocycles. The van der Waals surface area contributed by atoms with Gasteiger partial charge in [-0.05, 0) is 81.1 Å². The second kappa shape index (κ2) is 10.0. The lowest BCUT2D eigenvalue weighted by Gasteiger charge is -2.23. The molecular weight excluding hydrogens is 338 g/mol. The van der Waals surface area contributed by atoms with Crippen LogP contribution >= 0.6 is 12.4 Å². The molecule has 0 bridgehead atoms. The van der Waals surface area contributed by atoms with E-state index in [1.807, 2.05) is 19.1 Å². The van der Waals surface area contributed by atoms with Crippen LogP contribution in [0.1, 0.15) is 50.5 Å². The fourth-order valence-electron chi connectivity index (χ4n) is 3.55. The van der Waals surface area contributed by atoms with Gasteiger partial charge in [0.15, 0.2) is 0 Å². The molecule has 1 aliphatic heterocycles. The standard InChI is InChI=1S/C20H29NO3.ClH/c1-2-23-20(22)13-19(16-6-7-16)17-4-3-5-18(12-17)24-14-15-8-10-21-11-9-15;/h3-5,12,15-16,19,21H,2,6-11,13-14H2,1H3;1H. The van der Waals surface area contributed by atoms with E-state index in [1.165, 1.54) is 31.2 Å². The molecule has 1 saturated carbocycles.